The summed E-state index contributed by atoms with van der Waals surface area (Å²) in [5, 5.41) is 11.0. The van der Waals surface area contributed by atoms with Gasteiger partial charge in [-0.1, -0.05) is 62.2 Å². The Kier molecular flexibility index (Phi) is 9.35. The van der Waals surface area contributed by atoms with Gasteiger partial charge in [-0.25, -0.2) is 4.99 Å². The van der Waals surface area contributed by atoms with E-state index in [0.717, 1.165) is 4.47 Å². The predicted octanol–water partition coefficient (Wildman–Crippen LogP) is 6.15. The minimum Gasteiger partial charge on any atom is -0.494 e. The quantitative estimate of drug-likeness (QED) is 0.254. The molecule has 39 heavy (non-hydrogen) atoms. The lowest BCUT2D eigenvalue weighted by atomic mass is 9.82. The summed E-state index contributed by atoms with van der Waals surface area (Å²) in [6, 6.07) is 21.0. The van der Waals surface area contributed by atoms with Crippen LogP contribution in [0.3, 0.4) is 0 Å². The third-order valence-corrected chi connectivity index (χ3v) is 7.30. The average molecular weight is 670 g/mol. The lowest BCUT2D eigenvalue weighted by Gasteiger charge is -2.31. The molecule has 0 saturated heterocycles. The first-order chi connectivity index (χ1) is 18.6. The van der Waals surface area contributed by atoms with Crippen LogP contribution in [-0.4, -0.2) is 48.4 Å². The molecule has 0 saturated carbocycles. The fraction of sp³-hybridized carbons (Fsp3) is 0.286. The van der Waals surface area contributed by atoms with Crippen LogP contribution < -0.4 is 10.1 Å². The molecule has 0 spiro atoms. The van der Waals surface area contributed by atoms with Crippen molar-refractivity contribution in [3.63, 3.8) is 0 Å². The Morgan fingerprint density at radius 3 is 2.38 bits per heavy atom. The lowest BCUT2D eigenvalue weighted by molar-refractivity contribution is -0.143. The number of aliphatic imine (C=N–C) groups is 1. The van der Waals surface area contributed by atoms with Crippen LogP contribution >= 0.6 is 31.9 Å². The summed E-state index contributed by atoms with van der Waals surface area (Å²) in [6.07, 6.45) is -5.16. The second-order valence-electron chi connectivity index (χ2n) is 8.91. The number of ether oxygens (including phenoxy) is 2. The molecule has 1 aliphatic heterocycles. The van der Waals surface area contributed by atoms with Gasteiger partial charge in [0.2, 0.25) is 5.90 Å². The first-order valence-corrected chi connectivity index (χ1v) is 13.6. The van der Waals surface area contributed by atoms with Crippen LogP contribution in [0.15, 0.2) is 86.7 Å². The van der Waals surface area contributed by atoms with Gasteiger partial charge in [0.1, 0.15) is 12.3 Å². The van der Waals surface area contributed by atoms with E-state index in [9.17, 15) is 18.0 Å². The van der Waals surface area contributed by atoms with Gasteiger partial charge in [-0.2, -0.15) is 13.2 Å². The summed E-state index contributed by atoms with van der Waals surface area (Å²) in [4.78, 5) is 18.4. The maximum absolute atomic E-state index is 13.7. The molecule has 1 aliphatic rings. The monoisotopic (exact) mass is 668 g/mol. The van der Waals surface area contributed by atoms with Gasteiger partial charge in [0.25, 0.3) is 5.91 Å². The van der Waals surface area contributed by atoms with Crippen LogP contribution in [-0.2, 0) is 16.0 Å². The van der Waals surface area contributed by atoms with Crippen LogP contribution in [0.2, 0.25) is 0 Å². The molecule has 6 nitrogen and oxygen atoms in total. The van der Waals surface area contributed by atoms with Crippen molar-refractivity contribution in [1.82, 2.24) is 5.32 Å². The molecule has 3 aromatic carbocycles. The number of carbonyl (C=O) groups is 1. The van der Waals surface area contributed by atoms with Crippen molar-refractivity contribution in [3.8, 4) is 5.75 Å². The molecule has 0 radical (unpaired) electrons. The Hall–Kier alpha value is -2.89. The van der Waals surface area contributed by atoms with E-state index >= 15 is 0 Å². The van der Waals surface area contributed by atoms with Crippen LogP contribution in [0.1, 0.15) is 29.2 Å². The van der Waals surface area contributed by atoms with Gasteiger partial charge in [-0.15, -0.1) is 0 Å². The Morgan fingerprint density at radius 1 is 1.05 bits per heavy atom. The van der Waals surface area contributed by atoms with Crippen LogP contribution in [0.4, 0.5) is 13.2 Å². The average Bonchev–Trinajstić information content (AvgIpc) is 3.29. The van der Waals surface area contributed by atoms with Gasteiger partial charge in [-0.3, -0.25) is 4.79 Å². The second-order valence-corrected chi connectivity index (χ2v) is 10.7. The number of hydrogen-bond acceptors (Lipinski definition) is 5. The number of nitrogens with one attached hydrogen (secondary N) is 1. The molecule has 0 bridgehead atoms. The number of halogens is 5. The number of hydrogen-bond donors (Lipinski definition) is 2. The molecule has 2 N–H and O–H groups in total. The molecule has 0 aliphatic carbocycles. The minimum atomic E-state index is -4.60. The first kappa shape index (κ1) is 29.1. The minimum absolute atomic E-state index is 0.00994. The predicted molar refractivity (Wildman–Crippen MR) is 148 cm³/mol. The van der Waals surface area contributed by atoms with Gasteiger partial charge >= 0.3 is 6.18 Å². The van der Waals surface area contributed by atoms with Gasteiger partial charge in [0.05, 0.1) is 6.61 Å². The highest BCUT2D eigenvalue weighted by molar-refractivity contribution is 9.10. The normalized spacial score (nSPS) is 18.8. The van der Waals surface area contributed by atoms with Crippen molar-refractivity contribution < 1.29 is 32.5 Å². The lowest BCUT2D eigenvalue weighted by Crippen LogP contribution is -2.51. The topological polar surface area (TPSA) is 80.2 Å². The number of rotatable bonds is 10. The SMILES string of the molecule is O=C(NCC(F)(F)F)[C@]1(Cc2ccc(Br)cc2)N=C(c2ccc(OCCCO)cc2)O[C@@H]1c1ccccc1Br. The molecule has 3 aromatic rings. The summed E-state index contributed by atoms with van der Waals surface area (Å²) in [7, 11) is 0. The number of nitrogens with zero attached hydrogens (tertiary/aromatic N) is 1. The maximum atomic E-state index is 13.7. The van der Waals surface area contributed by atoms with E-state index in [-0.39, 0.29) is 18.9 Å². The number of benzene rings is 3. The smallest absolute Gasteiger partial charge is 0.405 e. The highest BCUT2D eigenvalue weighted by atomic mass is 79.9. The molecular weight excluding hydrogens is 645 g/mol. The van der Waals surface area contributed by atoms with E-state index in [1.54, 1.807) is 72.8 Å². The van der Waals surface area contributed by atoms with E-state index in [4.69, 9.17) is 19.6 Å². The van der Waals surface area contributed by atoms with Gasteiger partial charge in [-0.05, 0) is 48.0 Å². The Bertz CT molecular complexity index is 1320. The highest BCUT2D eigenvalue weighted by Gasteiger charge is 2.54. The third kappa shape index (κ3) is 7.20. The molecular formula is C28H25Br2F3N2O4. The second kappa shape index (κ2) is 12.5. The van der Waals surface area contributed by atoms with Crippen molar-refractivity contribution in [1.29, 1.82) is 0 Å². The molecule has 1 heterocycles. The molecule has 2 atom stereocenters. The van der Waals surface area contributed by atoms with Gasteiger partial charge in [0.15, 0.2) is 11.6 Å². The number of aliphatic hydroxyl groups is 1. The number of alkyl halides is 3. The van der Waals surface area contributed by atoms with Crippen LogP contribution in [0.5, 0.6) is 5.75 Å². The number of amides is 1. The van der Waals surface area contributed by atoms with Crippen molar-refractivity contribution in [2.24, 2.45) is 4.99 Å². The first-order valence-electron chi connectivity index (χ1n) is 12.1. The summed E-state index contributed by atoms with van der Waals surface area (Å²) in [5.74, 6) is -0.211. The maximum Gasteiger partial charge on any atom is 0.405 e. The summed E-state index contributed by atoms with van der Waals surface area (Å²) < 4.78 is 52.8. The molecule has 4 rings (SSSR count). The third-order valence-electron chi connectivity index (χ3n) is 6.05. The van der Waals surface area contributed by atoms with E-state index in [2.05, 4.69) is 37.2 Å². The van der Waals surface area contributed by atoms with E-state index in [1.807, 2.05) is 0 Å². The summed E-state index contributed by atoms with van der Waals surface area (Å²) >= 11 is 6.89. The van der Waals surface area contributed by atoms with Gasteiger partial charge < -0.3 is 19.9 Å². The van der Waals surface area contributed by atoms with Gasteiger partial charge in [0, 0.05) is 39.5 Å². The van der Waals surface area contributed by atoms with Crippen LogP contribution in [0.25, 0.3) is 0 Å². The molecule has 0 unspecified atom stereocenters. The molecule has 0 fully saturated rings. The zero-order valence-electron chi connectivity index (χ0n) is 20.6. The summed E-state index contributed by atoms with van der Waals surface area (Å²) in [6.45, 7) is -1.15. The van der Waals surface area contributed by atoms with E-state index in [0.29, 0.717) is 39.9 Å². The van der Waals surface area contributed by atoms with Crippen molar-refractivity contribution >= 4 is 43.7 Å². The fourth-order valence-corrected chi connectivity index (χ4v) is 4.95. The van der Waals surface area contributed by atoms with E-state index < -0.39 is 30.3 Å². The molecule has 1 amide bonds. The zero-order chi connectivity index (χ0) is 28.0. The van der Waals surface area contributed by atoms with Crippen molar-refractivity contribution in [2.75, 3.05) is 19.8 Å². The number of carbonyl (C=O) groups excluding carboxylic acids is 1. The Labute approximate surface area is 240 Å². The number of aliphatic hydroxyl groups excluding tert-OH is 1. The molecule has 11 heteroatoms. The van der Waals surface area contributed by atoms with Crippen LogP contribution in [0, 0.1) is 0 Å². The molecule has 0 aromatic heterocycles. The fourth-order valence-electron chi connectivity index (χ4n) is 4.19. The van der Waals surface area contributed by atoms with E-state index in [1.165, 1.54) is 0 Å². The largest absolute Gasteiger partial charge is 0.494 e. The summed E-state index contributed by atoms with van der Waals surface area (Å²) in [5.41, 5.74) is 0.0511. The Morgan fingerprint density at radius 2 is 1.74 bits per heavy atom. The Balaban J connectivity index is 1.79. The van der Waals surface area contributed by atoms with Crippen molar-refractivity contribution in [3.05, 3.63) is 98.4 Å². The molecule has 206 valence electrons. The van der Waals surface area contributed by atoms with Crippen molar-refractivity contribution in [2.45, 2.75) is 30.7 Å². The highest BCUT2D eigenvalue weighted by Crippen LogP contribution is 2.44. The standard InChI is InChI=1S/C28H25Br2F3N2O4/c29-20-10-6-18(7-11-20)16-27(26(37)34-17-28(31,32)33)24(22-4-1-2-5-23(22)30)39-25(35-27)19-8-12-21(13-9-19)38-15-3-14-36/h1-2,4-13,24,36H,3,14-17H2,(H,34,37)/t24-,27-/m1/s1. The zero-order valence-corrected chi connectivity index (χ0v) is 23.7.